The molecular weight excluding hydrogens is 140 g/mol. The Kier molecular flexibility index (Phi) is 5.51. The molecular formula is C9H20O2. The molecule has 0 aliphatic carbocycles. The zero-order chi connectivity index (χ0) is 8.85. The lowest BCUT2D eigenvalue weighted by molar-refractivity contribution is -0.000680. The second kappa shape index (κ2) is 5.56. The van der Waals surface area contributed by atoms with Crippen LogP contribution in [0.3, 0.4) is 0 Å². The molecule has 0 aromatic rings. The Hall–Kier alpha value is -0.0800. The Bertz CT molecular complexity index is 91.6. The molecule has 68 valence electrons. The highest BCUT2D eigenvalue weighted by Gasteiger charge is 2.11. The molecule has 0 aliphatic heterocycles. The summed E-state index contributed by atoms with van der Waals surface area (Å²) in [5.74, 6) is 0.817. The summed E-state index contributed by atoms with van der Waals surface area (Å²) in [6.45, 7) is 9.23. The molecule has 0 spiro atoms. The lowest BCUT2D eigenvalue weighted by Crippen LogP contribution is -2.22. The van der Waals surface area contributed by atoms with Crippen molar-refractivity contribution in [3.05, 3.63) is 0 Å². The first-order chi connectivity index (χ1) is 5.07. The molecule has 1 unspecified atom stereocenters. The highest BCUT2D eigenvalue weighted by Crippen LogP contribution is 2.07. The minimum Gasteiger partial charge on any atom is -0.396 e. The van der Waals surface area contributed by atoms with E-state index in [0.29, 0.717) is 5.92 Å². The zero-order valence-corrected chi connectivity index (χ0v) is 8.00. The minimum absolute atomic E-state index is 0.169. The van der Waals surface area contributed by atoms with Crippen LogP contribution in [-0.4, -0.2) is 24.4 Å². The van der Waals surface area contributed by atoms with Gasteiger partial charge in [0.05, 0.1) is 6.10 Å². The van der Waals surface area contributed by atoms with Gasteiger partial charge in [-0.05, 0) is 12.8 Å². The monoisotopic (exact) mass is 160 g/mol. The van der Waals surface area contributed by atoms with Gasteiger partial charge in [-0.25, -0.2) is 0 Å². The van der Waals surface area contributed by atoms with E-state index in [4.69, 9.17) is 9.84 Å². The average molecular weight is 160 g/mol. The maximum Gasteiger partial charge on any atom is 0.0594 e. The molecule has 2 nitrogen and oxygen atoms in total. The fourth-order valence-corrected chi connectivity index (χ4v) is 0.657. The van der Waals surface area contributed by atoms with Crippen LogP contribution in [0.1, 0.15) is 27.7 Å². The van der Waals surface area contributed by atoms with Crippen LogP contribution < -0.4 is 0 Å². The molecule has 0 aromatic carbocycles. The quantitative estimate of drug-likeness (QED) is 0.663. The summed E-state index contributed by atoms with van der Waals surface area (Å²) in [5, 5.41) is 8.79. The van der Waals surface area contributed by atoms with Gasteiger partial charge in [-0.1, -0.05) is 20.8 Å². The van der Waals surface area contributed by atoms with Gasteiger partial charge in [-0.2, -0.15) is 0 Å². The third kappa shape index (κ3) is 5.22. The summed E-state index contributed by atoms with van der Waals surface area (Å²) >= 11 is 0. The van der Waals surface area contributed by atoms with Crippen molar-refractivity contribution in [3.8, 4) is 0 Å². The topological polar surface area (TPSA) is 29.5 Å². The minimum atomic E-state index is 0.169. The van der Waals surface area contributed by atoms with Crippen LogP contribution in [0, 0.1) is 11.8 Å². The van der Waals surface area contributed by atoms with Crippen molar-refractivity contribution in [2.75, 3.05) is 13.2 Å². The molecule has 1 N–H and O–H groups in total. The molecule has 2 heteroatoms. The third-order valence-corrected chi connectivity index (χ3v) is 1.78. The fraction of sp³-hybridized carbons (Fsp3) is 1.00. The molecule has 0 saturated heterocycles. The average Bonchev–Trinajstić information content (AvgIpc) is 1.98. The van der Waals surface area contributed by atoms with Gasteiger partial charge >= 0.3 is 0 Å². The highest BCUT2D eigenvalue weighted by atomic mass is 16.5. The molecule has 0 radical (unpaired) electrons. The van der Waals surface area contributed by atoms with E-state index in [9.17, 15) is 0 Å². The number of rotatable bonds is 5. The van der Waals surface area contributed by atoms with Crippen molar-refractivity contribution in [3.63, 3.8) is 0 Å². The maximum atomic E-state index is 8.79. The van der Waals surface area contributed by atoms with E-state index < -0.39 is 0 Å². The Balaban J connectivity index is 3.43. The van der Waals surface area contributed by atoms with Gasteiger partial charge in [0.2, 0.25) is 0 Å². The number of hydrogen-bond acceptors (Lipinski definition) is 2. The molecule has 11 heavy (non-hydrogen) atoms. The Labute approximate surface area is 69.6 Å². The van der Waals surface area contributed by atoms with E-state index in [1.165, 1.54) is 0 Å². The van der Waals surface area contributed by atoms with Gasteiger partial charge in [0.1, 0.15) is 0 Å². The second-order valence-electron chi connectivity index (χ2n) is 3.59. The van der Waals surface area contributed by atoms with Crippen LogP contribution >= 0.6 is 0 Å². The Morgan fingerprint density at radius 2 is 1.73 bits per heavy atom. The number of hydrogen-bond donors (Lipinski definition) is 1. The zero-order valence-electron chi connectivity index (χ0n) is 8.00. The molecule has 0 saturated carbocycles. The molecule has 0 heterocycles. The van der Waals surface area contributed by atoms with Crippen LogP contribution in [0.5, 0.6) is 0 Å². The van der Waals surface area contributed by atoms with Crippen molar-refractivity contribution in [1.29, 1.82) is 0 Å². The van der Waals surface area contributed by atoms with Crippen LogP contribution in [0.15, 0.2) is 0 Å². The summed E-state index contributed by atoms with van der Waals surface area (Å²) in [5.41, 5.74) is 0. The predicted octanol–water partition coefficient (Wildman–Crippen LogP) is 1.68. The summed E-state index contributed by atoms with van der Waals surface area (Å²) < 4.78 is 5.50. The smallest absolute Gasteiger partial charge is 0.0594 e. The molecule has 2 atom stereocenters. The largest absolute Gasteiger partial charge is 0.396 e. The Morgan fingerprint density at radius 1 is 1.18 bits per heavy atom. The first-order valence-corrected chi connectivity index (χ1v) is 4.30. The van der Waals surface area contributed by atoms with Gasteiger partial charge in [0, 0.05) is 19.1 Å². The highest BCUT2D eigenvalue weighted by molar-refractivity contribution is 4.59. The van der Waals surface area contributed by atoms with Crippen molar-refractivity contribution in [2.24, 2.45) is 11.8 Å². The molecule has 0 rings (SSSR count). The van der Waals surface area contributed by atoms with Gasteiger partial charge in [-0.3, -0.25) is 0 Å². The number of ether oxygens (including phenoxy) is 1. The molecule has 0 fully saturated rings. The molecule has 0 bridgehead atoms. The van der Waals surface area contributed by atoms with E-state index in [2.05, 4.69) is 13.8 Å². The van der Waals surface area contributed by atoms with E-state index in [0.717, 1.165) is 6.61 Å². The molecule has 0 aliphatic rings. The van der Waals surface area contributed by atoms with Crippen molar-refractivity contribution in [1.82, 2.24) is 0 Å². The first kappa shape index (κ1) is 10.9. The lowest BCUT2D eigenvalue weighted by Gasteiger charge is -2.19. The fourth-order valence-electron chi connectivity index (χ4n) is 0.657. The van der Waals surface area contributed by atoms with E-state index in [-0.39, 0.29) is 18.6 Å². The first-order valence-electron chi connectivity index (χ1n) is 4.30. The van der Waals surface area contributed by atoms with Gasteiger partial charge in [0.15, 0.2) is 0 Å². The summed E-state index contributed by atoms with van der Waals surface area (Å²) in [7, 11) is 0. The summed E-state index contributed by atoms with van der Waals surface area (Å²) in [6, 6.07) is 0. The molecule has 0 amide bonds. The van der Waals surface area contributed by atoms with Gasteiger partial charge < -0.3 is 9.84 Å². The van der Waals surface area contributed by atoms with Crippen LogP contribution in [0.25, 0.3) is 0 Å². The van der Waals surface area contributed by atoms with Crippen LogP contribution in [0.2, 0.25) is 0 Å². The second-order valence-corrected chi connectivity index (χ2v) is 3.59. The van der Waals surface area contributed by atoms with Crippen molar-refractivity contribution >= 4 is 0 Å². The van der Waals surface area contributed by atoms with E-state index >= 15 is 0 Å². The van der Waals surface area contributed by atoms with E-state index in [1.54, 1.807) is 0 Å². The number of aliphatic hydroxyl groups excluding tert-OH is 1. The third-order valence-electron chi connectivity index (χ3n) is 1.78. The summed E-state index contributed by atoms with van der Waals surface area (Å²) in [6.07, 6.45) is 0.169. The van der Waals surface area contributed by atoms with Crippen LogP contribution in [0.4, 0.5) is 0 Å². The Morgan fingerprint density at radius 3 is 2.09 bits per heavy atom. The normalized spacial score (nSPS) is 16.9. The lowest BCUT2D eigenvalue weighted by atomic mass is 10.1. The standard InChI is InChI=1S/C9H20O2/c1-7(2)6-11-9(4)8(3)5-10/h7-10H,5-6H2,1-4H3/t8-,9?/m0/s1. The number of aliphatic hydroxyl groups is 1. The predicted molar refractivity (Wildman–Crippen MR) is 46.5 cm³/mol. The summed E-state index contributed by atoms with van der Waals surface area (Å²) in [4.78, 5) is 0. The van der Waals surface area contributed by atoms with E-state index in [1.807, 2.05) is 13.8 Å². The van der Waals surface area contributed by atoms with Crippen molar-refractivity contribution < 1.29 is 9.84 Å². The van der Waals surface area contributed by atoms with Gasteiger partial charge in [-0.15, -0.1) is 0 Å². The van der Waals surface area contributed by atoms with Crippen LogP contribution in [-0.2, 0) is 4.74 Å². The SMILES string of the molecule is CC(C)COC(C)[C@@H](C)CO. The maximum absolute atomic E-state index is 8.79. The van der Waals surface area contributed by atoms with Gasteiger partial charge in [0.25, 0.3) is 0 Å². The molecule has 0 aromatic heterocycles. The van der Waals surface area contributed by atoms with Crippen molar-refractivity contribution in [2.45, 2.75) is 33.8 Å².